The molecule has 0 N–H and O–H groups in total. The summed E-state index contributed by atoms with van der Waals surface area (Å²) in [5, 5.41) is 0. The number of hydrogen-bond acceptors (Lipinski definition) is 4. The van der Waals surface area contributed by atoms with Crippen molar-refractivity contribution in [2.45, 2.75) is 129 Å². The monoisotopic (exact) mass is 642 g/mol. The molecule has 0 aromatic heterocycles. The SMILES string of the molecule is CCCCCC1CCC(c2ccc(C(=O)OC(COC(=O)C3CCC[C-]3C)c3ccccc3)cc2)CC1.C[C-]1CCCC1.[Fe+2]. The molecule has 5 heteroatoms. The van der Waals surface area contributed by atoms with Crippen LogP contribution in [0.25, 0.3) is 0 Å². The van der Waals surface area contributed by atoms with Crippen molar-refractivity contribution in [2.24, 2.45) is 11.8 Å². The summed E-state index contributed by atoms with van der Waals surface area (Å²) >= 11 is 0. The average molecular weight is 643 g/mol. The van der Waals surface area contributed by atoms with Crippen LogP contribution in [0.4, 0.5) is 0 Å². The molecular formula is C39H54FeO4. The zero-order valence-corrected chi connectivity index (χ0v) is 28.4. The molecule has 44 heavy (non-hydrogen) atoms. The van der Waals surface area contributed by atoms with Gasteiger partial charge in [-0.2, -0.15) is 33.1 Å². The summed E-state index contributed by atoms with van der Waals surface area (Å²) in [4.78, 5) is 25.7. The minimum absolute atomic E-state index is 0. The van der Waals surface area contributed by atoms with E-state index in [2.05, 4.69) is 26.0 Å². The van der Waals surface area contributed by atoms with Gasteiger partial charge < -0.3 is 21.3 Å². The summed E-state index contributed by atoms with van der Waals surface area (Å²) in [6.45, 7) is 6.57. The fourth-order valence-corrected chi connectivity index (χ4v) is 6.98. The van der Waals surface area contributed by atoms with Gasteiger partial charge in [0.1, 0.15) is 6.61 Å². The van der Waals surface area contributed by atoms with Gasteiger partial charge in [0.15, 0.2) is 6.10 Å². The Kier molecular flexibility index (Phi) is 16.1. The van der Waals surface area contributed by atoms with Crippen molar-refractivity contribution in [3.8, 4) is 0 Å². The maximum atomic E-state index is 13.1. The number of rotatable bonds is 11. The van der Waals surface area contributed by atoms with Crippen molar-refractivity contribution in [3.63, 3.8) is 0 Å². The third-order valence-corrected chi connectivity index (χ3v) is 9.88. The largest absolute Gasteiger partial charge is 2.00 e. The molecule has 2 aromatic rings. The number of carbonyl (C=O) groups excluding carboxylic acids is 2. The van der Waals surface area contributed by atoms with Gasteiger partial charge in [0.2, 0.25) is 0 Å². The zero-order chi connectivity index (χ0) is 30.4. The summed E-state index contributed by atoms with van der Waals surface area (Å²) in [5.74, 6) is 3.62. The number of benzene rings is 2. The molecule has 4 nitrogen and oxygen atoms in total. The summed E-state index contributed by atoms with van der Waals surface area (Å²) in [6.07, 6.45) is 18.4. The molecule has 0 heterocycles. The molecule has 2 atom stereocenters. The first-order valence-electron chi connectivity index (χ1n) is 17.1. The van der Waals surface area contributed by atoms with Crippen molar-refractivity contribution in [1.82, 2.24) is 0 Å². The fraction of sp³-hybridized carbons (Fsp3) is 0.590. The Balaban J connectivity index is 0.000000675. The molecule has 3 fully saturated rings. The molecule has 3 aliphatic rings. The minimum Gasteiger partial charge on any atom is -0.463 e. The first-order valence-corrected chi connectivity index (χ1v) is 17.1. The van der Waals surface area contributed by atoms with Gasteiger partial charge in [-0.25, -0.2) is 4.79 Å². The second kappa shape index (κ2) is 19.4. The smallest absolute Gasteiger partial charge is 0.463 e. The zero-order valence-electron chi connectivity index (χ0n) is 27.3. The van der Waals surface area contributed by atoms with E-state index in [1.54, 1.807) is 5.92 Å². The summed E-state index contributed by atoms with van der Waals surface area (Å²) in [7, 11) is 0. The van der Waals surface area contributed by atoms with E-state index in [4.69, 9.17) is 9.47 Å². The molecule has 0 spiro atoms. The van der Waals surface area contributed by atoms with Gasteiger partial charge in [0, 0.05) is 0 Å². The van der Waals surface area contributed by atoms with Crippen LogP contribution in [0.3, 0.4) is 0 Å². The van der Waals surface area contributed by atoms with E-state index in [1.165, 1.54) is 88.5 Å². The molecule has 0 amide bonds. The van der Waals surface area contributed by atoms with Crippen molar-refractivity contribution in [2.75, 3.05) is 6.61 Å². The standard InChI is InChI=1S/C33H43O4.C6H11.Fe/c1-3-4-6-11-25-15-17-26(18-16-25)27-19-21-29(22-20-27)32(34)37-31(28-12-7-5-8-13-28)23-36-33(35)30-14-9-10-24(30)2;1-6-4-2-3-5-6;/h5,7-8,12-13,19-22,25-26,30-31H,3-4,6,9-11,14-18,23H2,1-2H3;2-5H2,1H3;/q2*-1;+2. The molecule has 0 saturated heterocycles. The predicted molar refractivity (Wildman–Crippen MR) is 174 cm³/mol. The molecule has 0 radical (unpaired) electrons. The van der Waals surface area contributed by atoms with Crippen LogP contribution < -0.4 is 0 Å². The predicted octanol–water partition coefficient (Wildman–Crippen LogP) is 10.5. The first kappa shape index (κ1) is 36.4. The number of carbonyl (C=O) groups is 2. The van der Waals surface area contributed by atoms with Crippen LogP contribution >= 0.6 is 0 Å². The van der Waals surface area contributed by atoms with Gasteiger partial charge in [-0.05, 0) is 60.8 Å². The van der Waals surface area contributed by atoms with Gasteiger partial charge in [0.05, 0.1) is 5.56 Å². The number of hydrogen-bond donors (Lipinski definition) is 0. The molecular weight excluding hydrogens is 588 g/mol. The Bertz CT molecular complexity index is 1090. The van der Waals surface area contributed by atoms with Crippen LogP contribution in [0.15, 0.2) is 54.6 Å². The normalized spacial score (nSPS) is 22.8. The van der Waals surface area contributed by atoms with Crippen molar-refractivity contribution in [1.29, 1.82) is 0 Å². The van der Waals surface area contributed by atoms with Gasteiger partial charge >= 0.3 is 23.0 Å². The van der Waals surface area contributed by atoms with Gasteiger partial charge in [-0.1, -0.05) is 107 Å². The van der Waals surface area contributed by atoms with Crippen molar-refractivity contribution < 1.29 is 36.1 Å². The molecule has 242 valence electrons. The van der Waals surface area contributed by atoms with Crippen LogP contribution in [0.1, 0.15) is 151 Å². The molecule has 0 aliphatic heterocycles. The van der Waals surface area contributed by atoms with Crippen LogP contribution in [0.2, 0.25) is 0 Å². The van der Waals surface area contributed by atoms with Crippen LogP contribution in [-0.4, -0.2) is 18.5 Å². The van der Waals surface area contributed by atoms with E-state index in [0.717, 1.165) is 30.7 Å². The van der Waals surface area contributed by atoms with Crippen molar-refractivity contribution >= 4 is 11.9 Å². The third-order valence-electron chi connectivity index (χ3n) is 9.88. The minimum atomic E-state index is -0.637. The summed E-state index contributed by atoms with van der Waals surface area (Å²) in [6, 6.07) is 17.5. The van der Waals surface area contributed by atoms with Crippen molar-refractivity contribution in [3.05, 3.63) is 83.1 Å². The fourth-order valence-electron chi connectivity index (χ4n) is 6.98. The van der Waals surface area contributed by atoms with Gasteiger partial charge in [0.25, 0.3) is 5.97 Å². The molecule has 2 unspecified atom stereocenters. The number of unbranched alkanes of at least 4 members (excludes halogenated alkanes) is 2. The van der Waals surface area contributed by atoms with E-state index in [-0.39, 0.29) is 41.5 Å². The number of esters is 2. The Labute approximate surface area is 277 Å². The average Bonchev–Trinajstić information content (AvgIpc) is 3.71. The number of ether oxygens (including phenoxy) is 2. The topological polar surface area (TPSA) is 52.6 Å². The second-order valence-corrected chi connectivity index (χ2v) is 13.2. The molecule has 3 aliphatic carbocycles. The molecule has 3 saturated carbocycles. The Morgan fingerprint density at radius 2 is 1.52 bits per heavy atom. The third kappa shape index (κ3) is 11.4. The van der Waals surface area contributed by atoms with Gasteiger partial charge in [-0.3, -0.25) is 4.79 Å². The summed E-state index contributed by atoms with van der Waals surface area (Å²) < 4.78 is 11.5. The van der Waals surface area contributed by atoms with E-state index in [0.29, 0.717) is 11.5 Å². The first-order chi connectivity index (χ1) is 20.9. The van der Waals surface area contributed by atoms with Crippen LogP contribution in [0.5, 0.6) is 0 Å². The molecule has 5 rings (SSSR count). The Morgan fingerprint density at radius 1 is 0.841 bits per heavy atom. The van der Waals surface area contributed by atoms with Crippen LogP contribution in [0, 0.1) is 23.7 Å². The maximum Gasteiger partial charge on any atom is 2.00 e. The van der Waals surface area contributed by atoms with E-state index in [9.17, 15) is 9.59 Å². The molecule has 0 bridgehead atoms. The van der Waals surface area contributed by atoms with E-state index < -0.39 is 6.10 Å². The Hall–Kier alpha value is -2.10. The molecule has 2 aromatic carbocycles. The van der Waals surface area contributed by atoms with Crippen LogP contribution in [-0.2, 0) is 31.3 Å². The van der Waals surface area contributed by atoms with E-state index in [1.807, 2.05) is 49.4 Å². The quantitative estimate of drug-likeness (QED) is 0.106. The Morgan fingerprint density at radius 3 is 2.09 bits per heavy atom. The second-order valence-electron chi connectivity index (χ2n) is 13.2. The maximum absolute atomic E-state index is 13.1. The van der Waals surface area contributed by atoms with E-state index >= 15 is 0 Å². The van der Waals surface area contributed by atoms with Gasteiger partial charge in [-0.15, -0.1) is 0 Å². The summed E-state index contributed by atoms with van der Waals surface area (Å²) in [5.41, 5.74) is 2.67.